The molecule has 0 aromatic heterocycles. The van der Waals surface area contributed by atoms with Gasteiger partial charge in [0.1, 0.15) is 0 Å². The number of hydrogen-bond acceptors (Lipinski definition) is 3. The second kappa shape index (κ2) is 7.64. The molecular weight excluding hydrogens is 280 g/mol. The highest BCUT2D eigenvalue weighted by molar-refractivity contribution is 5.97. The number of ether oxygens (including phenoxy) is 1. The first-order valence-corrected chi connectivity index (χ1v) is 7.56. The molecule has 0 radical (unpaired) electrons. The molecule has 118 valence electrons. The maximum absolute atomic E-state index is 12.4. The van der Waals surface area contributed by atoms with E-state index in [1.165, 1.54) is 0 Å². The molecule has 1 saturated heterocycles. The lowest BCUT2D eigenvalue weighted by Gasteiger charge is -2.34. The highest BCUT2D eigenvalue weighted by Crippen LogP contribution is 2.11. The van der Waals surface area contributed by atoms with Crippen LogP contribution in [-0.4, -0.2) is 54.6 Å². The van der Waals surface area contributed by atoms with E-state index in [9.17, 15) is 9.59 Å². The number of hydrogen-bond donors (Lipinski definition) is 0. The minimum absolute atomic E-state index is 0.0207. The fourth-order valence-corrected chi connectivity index (χ4v) is 2.42. The van der Waals surface area contributed by atoms with Crippen molar-refractivity contribution in [2.24, 2.45) is 0 Å². The van der Waals surface area contributed by atoms with Crippen LogP contribution in [0.25, 0.3) is 6.08 Å². The Bertz CT molecular complexity index is 546. The molecule has 1 aliphatic rings. The van der Waals surface area contributed by atoms with E-state index in [1.807, 2.05) is 43.3 Å². The Balaban J connectivity index is 1.92. The summed E-state index contributed by atoms with van der Waals surface area (Å²) in [6, 6.07) is 9.78. The second-order valence-electron chi connectivity index (χ2n) is 5.22. The highest BCUT2D eigenvalue weighted by atomic mass is 16.6. The fraction of sp³-hybridized carbons (Fsp3) is 0.412. The lowest BCUT2D eigenvalue weighted by Crippen LogP contribution is -2.50. The highest BCUT2D eigenvalue weighted by Gasteiger charge is 2.25. The number of nitrogens with zero attached hydrogens (tertiary/aromatic N) is 2. The first-order chi connectivity index (χ1) is 10.6. The van der Waals surface area contributed by atoms with Crippen LogP contribution >= 0.6 is 0 Å². The molecule has 0 aliphatic carbocycles. The van der Waals surface area contributed by atoms with Crippen molar-refractivity contribution in [3.05, 3.63) is 41.5 Å². The van der Waals surface area contributed by atoms with Crippen molar-refractivity contribution in [3.8, 4) is 0 Å². The predicted octanol–water partition coefficient (Wildman–Crippen LogP) is 2.39. The van der Waals surface area contributed by atoms with Crippen LogP contribution in [-0.2, 0) is 9.53 Å². The zero-order valence-corrected chi connectivity index (χ0v) is 13.1. The van der Waals surface area contributed by atoms with Gasteiger partial charge in [-0.15, -0.1) is 0 Å². The Kier molecular flexibility index (Phi) is 5.58. The van der Waals surface area contributed by atoms with Gasteiger partial charge in [-0.1, -0.05) is 30.3 Å². The largest absolute Gasteiger partial charge is 0.450 e. The average molecular weight is 302 g/mol. The van der Waals surface area contributed by atoms with E-state index in [0.29, 0.717) is 38.4 Å². The molecule has 0 saturated carbocycles. The molecule has 1 fully saturated rings. The Morgan fingerprint density at radius 3 is 2.27 bits per heavy atom. The molecule has 1 aromatic rings. The smallest absolute Gasteiger partial charge is 0.409 e. The second-order valence-corrected chi connectivity index (χ2v) is 5.22. The summed E-state index contributed by atoms with van der Waals surface area (Å²) < 4.78 is 4.98. The Morgan fingerprint density at radius 1 is 1.09 bits per heavy atom. The van der Waals surface area contributed by atoms with Gasteiger partial charge in [0.15, 0.2) is 0 Å². The van der Waals surface area contributed by atoms with E-state index < -0.39 is 0 Å². The van der Waals surface area contributed by atoms with Crippen molar-refractivity contribution in [2.75, 3.05) is 32.8 Å². The first kappa shape index (κ1) is 16.1. The molecule has 0 bridgehead atoms. The molecule has 5 heteroatoms. The van der Waals surface area contributed by atoms with Crippen LogP contribution < -0.4 is 0 Å². The van der Waals surface area contributed by atoms with Gasteiger partial charge in [-0.2, -0.15) is 0 Å². The minimum Gasteiger partial charge on any atom is -0.450 e. The summed E-state index contributed by atoms with van der Waals surface area (Å²) in [4.78, 5) is 27.5. The maximum atomic E-state index is 12.4. The van der Waals surface area contributed by atoms with Crippen LogP contribution in [0.5, 0.6) is 0 Å². The van der Waals surface area contributed by atoms with Crippen LogP contribution in [0.15, 0.2) is 35.9 Å². The number of amides is 2. The number of carbonyl (C=O) groups is 2. The van der Waals surface area contributed by atoms with Crippen LogP contribution in [0, 0.1) is 0 Å². The van der Waals surface area contributed by atoms with Gasteiger partial charge in [0.2, 0.25) is 5.91 Å². The number of rotatable bonds is 3. The van der Waals surface area contributed by atoms with E-state index in [1.54, 1.807) is 16.7 Å². The van der Waals surface area contributed by atoms with E-state index in [-0.39, 0.29) is 12.0 Å². The third-order valence-electron chi connectivity index (χ3n) is 3.61. The normalized spacial score (nSPS) is 15.6. The van der Waals surface area contributed by atoms with E-state index in [2.05, 4.69) is 0 Å². The van der Waals surface area contributed by atoms with E-state index >= 15 is 0 Å². The van der Waals surface area contributed by atoms with Gasteiger partial charge in [-0.05, 0) is 25.5 Å². The summed E-state index contributed by atoms with van der Waals surface area (Å²) in [6.45, 7) is 6.10. The quantitative estimate of drug-likeness (QED) is 0.806. The zero-order valence-electron chi connectivity index (χ0n) is 13.1. The molecule has 0 spiro atoms. The number of benzene rings is 1. The SMILES string of the molecule is CCOC(=O)N1CCN(C(=O)/C(C)=C/c2ccccc2)CC1. The predicted molar refractivity (Wildman–Crippen MR) is 85.3 cm³/mol. The van der Waals surface area contributed by atoms with Gasteiger partial charge >= 0.3 is 6.09 Å². The van der Waals surface area contributed by atoms with Crippen molar-refractivity contribution in [3.63, 3.8) is 0 Å². The summed E-state index contributed by atoms with van der Waals surface area (Å²) in [5.74, 6) is 0.0207. The van der Waals surface area contributed by atoms with Crippen molar-refractivity contribution >= 4 is 18.1 Å². The standard InChI is InChI=1S/C17H22N2O3/c1-3-22-17(21)19-11-9-18(10-12-19)16(20)14(2)13-15-7-5-4-6-8-15/h4-8,13H,3,9-12H2,1-2H3/b14-13+. The average Bonchev–Trinajstić information content (AvgIpc) is 2.55. The third kappa shape index (κ3) is 4.10. The molecular formula is C17H22N2O3. The maximum Gasteiger partial charge on any atom is 0.409 e. The Hall–Kier alpha value is -2.30. The van der Waals surface area contributed by atoms with Gasteiger partial charge in [0.05, 0.1) is 6.61 Å². The van der Waals surface area contributed by atoms with E-state index in [4.69, 9.17) is 4.74 Å². The molecule has 1 heterocycles. The summed E-state index contributed by atoms with van der Waals surface area (Å²) in [7, 11) is 0. The summed E-state index contributed by atoms with van der Waals surface area (Å²) in [6.07, 6.45) is 1.59. The molecule has 5 nitrogen and oxygen atoms in total. The summed E-state index contributed by atoms with van der Waals surface area (Å²) >= 11 is 0. The van der Waals surface area contributed by atoms with Crippen molar-refractivity contribution in [1.29, 1.82) is 0 Å². The van der Waals surface area contributed by atoms with Crippen molar-refractivity contribution < 1.29 is 14.3 Å². The Morgan fingerprint density at radius 2 is 1.68 bits per heavy atom. The van der Waals surface area contributed by atoms with Crippen molar-refractivity contribution in [2.45, 2.75) is 13.8 Å². The van der Waals surface area contributed by atoms with Gasteiger partial charge < -0.3 is 14.5 Å². The molecule has 2 amide bonds. The first-order valence-electron chi connectivity index (χ1n) is 7.56. The topological polar surface area (TPSA) is 49.9 Å². The van der Waals surface area contributed by atoms with Gasteiger partial charge in [-0.3, -0.25) is 4.79 Å². The lowest BCUT2D eigenvalue weighted by molar-refractivity contribution is -0.128. The fourth-order valence-electron chi connectivity index (χ4n) is 2.42. The molecule has 1 aliphatic heterocycles. The molecule has 0 atom stereocenters. The summed E-state index contributed by atoms with van der Waals surface area (Å²) in [5.41, 5.74) is 1.72. The monoisotopic (exact) mass is 302 g/mol. The van der Waals surface area contributed by atoms with Gasteiger partial charge in [0, 0.05) is 31.8 Å². The third-order valence-corrected chi connectivity index (χ3v) is 3.61. The molecule has 0 N–H and O–H groups in total. The molecule has 0 unspecified atom stereocenters. The zero-order chi connectivity index (χ0) is 15.9. The lowest BCUT2D eigenvalue weighted by atomic mass is 10.1. The van der Waals surface area contributed by atoms with Crippen LogP contribution in [0.1, 0.15) is 19.4 Å². The number of piperazine rings is 1. The van der Waals surface area contributed by atoms with Crippen LogP contribution in [0.2, 0.25) is 0 Å². The summed E-state index contributed by atoms with van der Waals surface area (Å²) in [5, 5.41) is 0. The Labute approximate surface area is 131 Å². The number of carbonyl (C=O) groups excluding carboxylic acids is 2. The van der Waals surface area contributed by atoms with Gasteiger partial charge in [-0.25, -0.2) is 4.79 Å². The minimum atomic E-state index is -0.300. The molecule has 22 heavy (non-hydrogen) atoms. The van der Waals surface area contributed by atoms with Crippen molar-refractivity contribution in [1.82, 2.24) is 9.80 Å². The van der Waals surface area contributed by atoms with Gasteiger partial charge in [0.25, 0.3) is 0 Å². The van der Waals surface area contributed by atoms with Crippen LogP contribution in [0.3, 0.4) is 0 Å². The molecule has 1 aromatic carbocycles. The van der Waals surface area contributed by atoms with Crippen LogP contribution in [0.4, 0.5) is 4.79 Å². The van der Waals surface area contributed by atoms with E-state index in [0.717, 1.165) is 5.56 Å². The molecule has 2 rings (SSSR count).